The molecule has 0 N–H and O–H groups in total. The van der Waals surface area contributed by atoms with E-state index in [2.05, 4.69) is 35.0 Å². The van der Waals surface area contributed by atoms with E-state index in [1.807, 2.05) is 6.07 Å². The topological polar surface area (TPSA) is 9.23 Å². The fourth-order valence-electron chi connectivity index (χ4n) is 2.15. The molecule has 108 valence electrons. The Hall–Kier alpha value is -0.210. The molecule has 1 aromatic carbocycles. The van der Waals surface area contributed by atoms with Crippen molar-refractivity contribution in [3.63, 3.8) is 0 Å². The lowest BCUT2D eigenvalue weighted by Crippen LogP contribution is -1.93. The van der Waals surface area contributed by atoms with Crippen LogP contribution in [0, 0.1) is 0 Å². The molecular formula is C16H24BrClO. The number of rotatable bonds is 9. The molecule has 19 heavy (non-hydrogen) atoms. The lowest BCUT2D eigenvalue weighted by Gasteiger charge is -2.12. The highest BCUT2D eigenvalue weighted by molar-refractivity contribution is 9.10. The van der Waals surface area contributed by atoms with E-state index in [-0.39, 0.29) is 5.38 Å². The van der Waals surface area contributed by atoms with E-state index in [1.165, 1.54) is 44.1 Å². The van der Waals surface area contributed by atoms with Gasteiger partial charge in [-0.2, -0.15) is 0 Å². The van der Waals surface area contributed by atoms with Gasteiger partial charge < -0.3 is 4.74 Å². The largest absolute Gasteiger partial charge is 0.496 e. The predicted molar refractivity (Wildman–Crippen MR) is 87.3 cm³/mol. The van der Waals surface area contributed by atoms with E-state index in [0.29, 0.717) is 0 Å². The summed E-state index contributed by atoms with van der Waals surface area (Å²) in [5.41, 5.74) is 1.17. The molecular weight excluding hydrogens is 324 g/mol. The minimum absolute atomic E-state index is 0.105. The number of hydrogen-bond donors (Lipinski definition) is 0. The minimum Gasteiger partial charge on any atom is -0.496 e. The van der Waals surface area contributed by atoms with Crippen molar-refractivity contribution in [1.82, 2.24) is 0 Å². The highest BCUT2D eigenvalue weighted by Crippen LogP contribution is 2.32. The quantitative estimate of drug-likeness (QED) is 0.366. The molecule has 0 aliphatic rings. The number of hydrogen-bond acceptors (Lipinski definition) is 1. The molecule has 1 aromatic rings. The number of methoxy groups -OCH3 is 1. The third-order valence-corrected chi connectivity index (χ3v) is 4.44. The van der Waals surface area contributed by atoms with E-state index < -0.39 is 0 Å². The monoisotopic (exact) mass is 346 g/mol. The van der Waals surface area contributed by atoms with E-state index >= 15 is 0 Å². The van der Waals surface area contributed by atoms with Crippen LogP contribution in [0.3, 0.4) is 0 Å². The first-order valence-electron chi connectivity index (χ1n) is 7.16. The molecule has 0 fully saturated rings. The van der Waals surface area contributed by atoms with Crippen molar-refractivity contribution in [3.8, 4) is 5.75 Å². The lowest BCUT2D eigenvalue weighted by molar-refractivity contribution is 0.412. The molecule has 1 atom stereocenters. The SMILES string of the molecule is CCCCCCCCC(Cl)c1ccc(OC)c(Br)c1. The maximum absolute atomic E-state index is 6.45. The lowest BCUT2D eigenvalue weighted by atomic mass is 10.0. The molecule has 0 saturated heterocycles. The molecule has 0 aromatic heterocycles. The van der Waals surface area contributed by atoms with Gasteiger partial charge in [-0.3, -0.25) is 0 Å². The van der Waals surface area contributed by atoms with Crippen molar-refractivity contribution in [2.75, 3.05) is 7.11 Å². The number of ether oxygens (including phenoxy) is 1. The maximum atomic E-state index is 6.45. The first-order chi connectivity index (χ1) is 9.19. The van der Waals surface area contributed by atoms with E-state index in [4.69, 9.17) is 16.3 Å². The zero-order valence-electron chi connectivity index (χ0n) is 11.9. The second kappa shape index (κ2) is 9.66. The van der Waals surface area contributed by atoms with Crippen LogP contribution < -0.4 is 4.74 Å². The molecule has 1 rings (SSSR count). The Morgan fingerprint density at radius 1 is 1.16 bits per heavy atom. The van der Waals surface area contributed by atoms with Gasteiger partial charge >= 0.3 is 0 Å². The maximum Gasteiger partial charge on any atom is 0.133 e. The summed E-state index contributed by atoms with van der Waals surface area (Å²) >= 11 is 9.95. The van der Waals surface area contributed by atoms with Crippen LogP contribution in [0.15, 0.2) is 22.7 Å². The molecule has 1 unspecified atom stereocenters. The minimum atomic E-state index is 0.105. The van der Waals surface area contributed by atoms with E-state index in [1.54, 1.807) is 7.11 Å². The zero-order chi connectivity index (χ0) is 14.1. The molecule has 0 heterocycles. The standard InChI is InChI=1S/C16H24BrClO/c1-3-4-5-6-7-8-9-15(18)13-10-11-16(19-2)14(17)12-13/h10-12,15H,3-9H2,1-2H3. The Morgan fingerprint density at radius 2 is 1.84 bits per heavy atom. The Labute approximate surface area is 130 Å². The molecule has 0 aliphatic carbocycles. The summed E-state index contributed by atoms with van der Waals surface area (Å²) in [4.78, 5) is 0. The van der Waals surface area contributed by atoms with Gasteiger partial charge in [0.15, 0.2) is 0 Å². The summed E-state index contributed by atoms with van der Waals surface area (Å²) in [6.07, 6.45) is 8.91. The molecule has 0 amide bonds. The van der Waals surface area contributed by atoms with Crippen LogP contribution in [0.2, 0.25) is 0 Å². The molecule has 0 bridgehead atoms. The molecule has 3 heteroatoms. The summed E-state index contributed by atoms with van der Waals surface area (Å²) in [6.45, 7) is 2.25. The van der Waals surface area contributed by atoms with E-state index in [0.717, 1.165) is 16.6 Å². The fraction of sp³-hybridized carbons (Fsp3) is 0.625. The van der Waals surface area contributed by atoms with Crippen molar-refractivity contribution in [1.29, 1.82) is 0 Å². The first-order valence-corrected chi connectivity index (χ1v) is 8.39. The predicted octanol–water partition coefficient (Wildman–Crippen LogP) is 6.49. The normalized spacial score (nSPS) is 12.4. The van der Waals surface area contributed by atoms with Crippen molar-refractivity contribution >= 4 is 27.5 Å². The van der Waals surface area contributed by atoms with Gasteiger partial charge in [0.25, 0.3) is 0 Å². The highest BCUT2D eigenvalue weighted by Gasteiger charge is 2.10. The smallest absolute Gasteiger partial charge is 0.133 e. The second-order valence-electron chi connectivity index (χ2n) is 4.92. The van der Waals surface area contributed by atoms with Gasteiger partial charge in [0.1, 0.15) is 5.75 Å². The average Bonchev–Trinajstić information content (AvgIpc) is 2.42. The van der Waals surface area contributed by atoms with Crippen LogP contribution >= 0.6 is 27.5 Å². The third-order valence-electron chi connectivity index (χ3n) is 3.35. The molecule has 0 radical (unpaired) electrons. The Morgan fingerprint density at radius 3 is 2.47 bits per heavy atom. The summed E-state index contributed by atoms with van der Waals surface area (Å²) in [5, 5.41) is 0.105. The summed E-state index contributed by atoms with van der Waals surface area (Å²) in [7, 11) is 1.67. The van der Waals surface area contributed by atoms with Gasteiger partial charge in [-0.05, 0) is 40.0 Å². The van der Waals surface area contributed by atoms with Crippen molar-refractivity contribution in [3.05, 3.63) is 28.2 Å². The van der Waals surface area contributed by atoms with Crippen LogP contribution in [-0.2, 0) is 0 Å². The summed E-state index contributed by atoms with van der Waals surface area (Å²) in [5.74, 6) is 0.854. The first kappa shape index (κ1) is 16.8. The second-order valence-corrected chi connectivity index (χ2v) is 6.30. The van der Waals surface area contributed by atoms with Crippen LogP contribution in [0.4, 0.5) is 0 Å². The van der Waals surface area contributed by atoms with Gasteiger partial charge in [-0.15, -0.1) is 11.6 Å². The van der Waals surface area contributed by atoms with Gasteiger partial charge in [0, 0.05) is 0 Å². The number of unbranched alkanes of at least 4 members (excludes halogenated alkanes) is 5. The van der Waals surface area contributed by atoms with Gasteiger partial charge in [-0.25, -0.2) is 0 Å². The zero-order valence-corrected chi connectivity index (χ0v) is 14.3. The number of halogens is 2. The summed E-state index contributed by atoms with van der Waals surface area (Å²) < 4.78 is 6.20. The van der Waals surface area contributed by atoms with Crippen LogP contribution in [0.5, 0.6) is 5.75 Å². The van der Waals surface area contributed by atoms with Crippen LogP contribution in [-0.4, -0.2) is 7.11 Å². The Balaban J connectivity index is 2.33. The molecule has 0 spiro atoms. The van der Waals surface area contributed by atoms with E-state index in [9.17, 15) is 0 Å². The number of benzene rings is 1. The van der Waals surface area contributed by atoms with Crippen molar-refractivity contribution in [2.24, 2.45) is 0 Å². The van der Waals surface area contributed by atoms with Gasteiger partial charge in [0.2, 0.25) is 0 Å². The molecule has 1 nitrogen and oxygen atoms in total. The third kappa shape index (κ3) is 6.18. The average molecular weight is 348 g/mol. The van der Waals surface area contributed by atoms with Crippen LogP contribution in [0.1, 0.15) is 62.8 Å². The Kier molecular flexibility index (Phi) is 8.56. The summed E-state index contributed by atoms with van der Waals surface area (Å²) in [6, 6.07) is 6.09. The van der Waals surface area contributed by atoms with Crippen molar-refractivity contribution < 1.29 is 4.74 Å². The molecule has 0 aliphatic heterocycles. The van der Waals surface area contributed by atoms with Crippen LogP contribution in [0.25, 0.3) is 0 Å². The van der Waals surface area contributed by atoms with Gasteiger partial charge in [0.05, 0.1) is 17.0 Å². The number of alkyl halides is 1. The highest BCUT2D eigenvalue weighted by atomic mass is 79.9. The van der Waals surface area contributed by atoms with Crippen molar-refractivity contribution in [2.45, 2.75) is 57.2 Å². The Bertz CT molecular complexity index is 368. The molecule has 0 saturated carbocycles. The fourth-order valence-corrected chi connectivity index (χ4v) is 3.00. The van der Waals surface area contributed by atoms with Gasteiger partial charge in [-0.1, -0.05) is 51.5 Å².